The minimum absolute atomic E-state index is 0.148. The van der Waals surface area contributed by atoms with Crippen LogP contribution < -0.4 is 5.73 Å². The van der Waals surface area contributed by atoms with Crippen LogP contribution in [-0.2, 0) is 9.53 Å². The third-order valence-electron chi connectivity index (χ3n) is 3.62. The molecule has 19 heavy (non-hydrogen) atoms. The summed E-state index contributed by atoms with van der Waals surface area (Å²) in [7, 11) is 1.61. The Labute approximate surface area is 114 Å². The summed E-state index contributed by atoms with van der Waals surface area (Å²) in [6.45, 7) is 1.54. The second-order valence-corrected chi connectivity index (χ2v) is 5.07. The van der Waals surface area contributed by atoms with Crippen molar-refractivity contribution < 1.29 is 14.7 Å². The minimum Gasteiger partial charge on any atom is -0.409 e. The predicted octanol–water partition coefficient (Wildman–Crippen LogP) is 1.18. The first-order valence-electron chi connectivity index (χ1n) is 6.90. The van der Waals surface area contributed by atoms with Crippen LogP contribution in [0.25, 0.3) is 0 Å². The van der Waals surface area contributed by atoms with Crippen molar-refractivity contribution in [3.05, 3.63) is 0 Å². The van der Waals surface area contributed by atoms with E-state index in [2.05, 4.69) is 5.16 Å². The second-order valence-electron chi connectivity index (χ2n) is 5.07. The van der Waals surface area contributed by atoms with Crippen molar-refractivity contribution in [2.45, 2.75) is 38.5 Å². The zero-order valence-corrected chi connectivity index (χ0v) is 11.7. The largest absolute Gasteiger partial charge is 0.409 e. The van der Waals surface area contributed by atoms with Crippen LogP contribution in [0.3, 0.4) is 0 Å². The summed E-state index contributed by atoms with van der Waals surface area (Å²) in [6, 6.07) is 0. The van der Waals surface area contributed by atoms with Gasteiger partial charge in [0.2, 0.25) is 5.91 Å². The smallest absolute Gasteiger partial charge is 0.222 e. The van der Waals surface area contributed by atoms with Crippen LogP contribution in [-0.4, -0.2) is 48.7 Å². The van der Waals surface area contributed by atoms with Gasteiger partial charge in [0.05, 0.1) is 6.61 Å². The maximum Gasteiger partial charge on any atom is 0.222 e. The van der Waals surface area contributed by atoms with Crippen molar-refractivity contribution in [2.24, 2.45) is 16.8 Å². The van der Waals surface area contributed by atoms with Gasteiger partial charge >= 0.3 is 0 Å². The summed E-state index contributed by atoms with van der Waals surface area (Å²) in [4.78, 5) is 14.0. The van der Waals surface area contributed by atoms with Gasteiger partial charge in [0.25, 0.3) is 0 Å². The molecule has 0 aromatic heterocycles. The maximum absolute atomic E-state index is 12.2. The quantitative estimate of drug-likeness (QED) is 0.300. The van der Waals surface area contributed by atoms with Gasteiger partial charge in [-0.15, -0.1) is 0 Å². The lowest BCUT2D eigenvalue weighted by molar-refractivity contribution is -0.132. The Hall–Kier alpha value is -1.30. The molecule has 3 N–H and O–H groups in total. The standard InChI is InChI=1S/C13H25N3O3/c1-19-9-8-16(7-6-12(14)15-18)13(17)10-11-4-2-3-5-11/h11,18H,2-10H2,1H3,(H2,14,15). The zero-order chi connectivity index (χ0) is 14.1. The molecule has 0 bridgehead atoms. The Kier molecular flexibility index (Phi) is 7.25. The first kappa shape index (κ1) is 15.8. The van der Waals surface area contributed by atoms with Gasteiger partial charge in [-0.2, -0.15) is 0 Å². The lowest BCUT2D eigenvalue weighted by Crippen LogP contribution is -2.37. The molecular formula is C13H25N3O3. The van der Waals surface area contributed by atoms with Gasteiger partial charge in [-0.25, -0.2) is 0 Å². The Bertz CT molecular complexity index is 302. The summed E-state index contributed by atoms with van der Waals surface area (Å²) in [5.41, 5.74) is 5.44. The number of amidine groups is 1. The Balaban J connectivity index is 2.43. The third-order valence-corrected chi connectivity index (χ3v) is 3.62. The number of rotatable bonds is 8. The number of carbonyl (C=O) groups excluding carboxylic acids is 1. The van der Waals surface area contributed by atoms with E-state index in [4.69, 9.17) is 15.7 Å². The first-order valence-corrected chi connectivity index (χ1v) is 6.90. The highest BCUT2D eigenvalue weighted by Gasteiger charge is 2.22. The highest BCUT2D eigenvalue weighted by molar-refractivity contribution is 5.81. The molecule has 1 fully saturated rings. The molecule has 0 atom stereocenters. The van der Waals surface area contributed by atoms with E-state index in [9.17, 15) is 4.79 Å². The van der Waals surface area contributed by atoms with E-state index in [1.807, 2.05) is 0 Å². The van der Waals surface area contributed by atoms with Crippen molar-refractivity contribution in [1.82, 2.24) is 4.90 Å². The van der Waals surface area contributed by atoms with Gasteiger partial charge in [0.15, 0.2) is 0 Å². The molecule has 0 aliphatic heterocycles. The third kappa shape index (κ3) is 5.92. The topological polar surface area (TPSA) is 88.2 Å². The van der Waals surface area contributed by atoms with E-state index >= 15 is 0 Å². The number of oxime groups is 1. The molecular weight excluding hydrogens is 246 g/mol. The molecule has 0 heterocycles. The summed E-state index contributed by atoms with van der Waals surface area (Å²) >= 11 is 0. The Morgan fingerprint density at radius 1 is 1.42 bits per heavy atom. The second kappa shape index (κ2) is 8.74. The van der Waals surface area contributed by atoms with Crippen LogP contribution in [0, 0.1) is 5.92 Å². The van der Waals surface area contributed by atoms with E-state index in [0.29, 0.717) is 38.5 Å². The van der Waals surface area contributed by atoms with Crippen LogP contribution in [0.4, 0.5) is 0 Å². The molecule has 0 unspecified atom stereocenters. The molecule has 1 aliphatic rings. The van der Waals surface area contributed by atoms with Gasteiger partial charge in [-0.1, -0.05) is 18.0 Å². The van der Waals surface area contributed by atoms with Crippen molar-refractivity contribution >= 4 is 11.7 Å². The number of nitrogens with zero attached hydrogens (tertiary/aromatic N) is 2. The van der Waals surface area contributed by atoms with Crippen LogP contribution in [0.5, 0.6) is 0 Å². The van der Waals surface area contributed by atoms with Crippen molar-refractivity contribution in [3.8, 4) is 0 Å². The number of carbonyl (C=O) groups is 1. The van der Waals surface area contributed by atoms with Crippen molar-refractivity contribution in [2.75, 3.05) is 26.8 Å². The molecule has 6 heteroatoms. The van der Waals surface area contributed by atoms with E-state index < -0.39 is 0 Å². The Morgan fingerprint density at radius 2 is 2.11 bits per heavy atom. The van der Waals surface area contributed by atoms with Crippen LogP contribution >= 0.6 is 0 Å². The molecule has 1 rings (SSSR count). The van der Waals surface area contributed by atoms with E-state index in [0.717, 1.165) is 12.8 Å². The van der Waals surface area contributed by atoms with E-state index in [1.54, 1.807) is 12.0 Å². The molecule has 0 aromatic carbocycles. The maximum atomic E-state index is 12.2. The number of ether oxygens (including phenoxy) is 1. The number of nitrogens with two attached hydrogens (primary N) is 1. The number of amides is 1. The molecule has 0 saturated heterocycles. The SMILES string of the molecule is COCCN(CCC(N)=NO)C(=O)CC1CCCC1. The molecule has 0 radical (unpaired) electrons. The highest BCUT2D eigenvalue weighted by Crippen LogP contribution is 2.28. The molecule has 1 amide bonds. The fourth-order valence-corrected chi connectivity index (χ4v) is 2.45. The average molecular weight is 271 g/mol. The molecule has 0 aromatic rings. The molecule has 110 valence electrons. The normalized spacial score (nSPS) is 16.8. The van der Waals surface area contributed by atoms with Gasteiger partial charge in [-0.3, -0.25) is 4.79 Å². The van der Waals surface area contributed by atoms with Gasteiger partial charge < -0.3 is 20.6 Å². The average Bonchev–Trinajstić information content (AvgIpc) is 2.91. The highest BCUT2D eigenvalue weighted by atomic mass is 16.5. The van der Waals surface area contributed by atoms with Crippen LogP contribution in [0.15, 0.2) is 5.16 Å². The molecule has 0 spiro atoms. The predicted molar refractivity (Wildman–Crippen MR) is 73.1 cm³/mol. The fraction of sp³-hybridized carbons (Fsp3) is 0.846. The Morgan fingerprint density at radius 3 is 2.68 bits per heavy atom. The minimum atomic E-state index is 0.148. The lowest BCUT2D eigenvalue weighted by atomic mass is 10.0. The molecule has 1 aliphatic carbocycles. The van der Waals surface area contributed by atoms with Gasteiger partial charge in [-0.05, 0) is 18.8 Å². The van der Waals surface area contributed by atoms with E-state index in [-0.39, 0.29) is 11.7 Å². The molecule has 6 nitrogen and oxygen atoms in total. The lowest BCUT2D eigenvalue weighted by Gasteiger charge is -2.23. The first-order chi connectivity index (χ1) is 9.17. The van der Waals surface area contributed by atoms with Gasteiger partial charge in [0.1, 0.15) is 5.84 Å². The summed E-state index contributed by atoms with van der Waals surface area (Å²) in [5, 5.41) is 11.5. The van der Waals surface area contributed by atoms with Crippen molar-refractivity contribution in [1.29, 1.82) is 0 Å². The van der Waals surface area contributed by atoms with Crippen LogP contribution in [0.2, 0.25) is 0 Å². The summed E-state index contributed by atoms with van der Waals surface area (Å²) < 4.78 is 5.02. The van der Waals surface area contributed by atoms with Crippen LogP contribution in [0.1, 0.15) is 38.5 Å². The van der Waals surface area contributed by atoms with Gasteiger partial charge in [0, 0.05) is 33.0 Å². The zero-order valence-electron chi connectivity index (χ0n) is 11.7. The van der Waals surface area contributed by atoms with E-state index in [1.165, 1.54) is 12.8 Å². The fourth-order valence-electron chi connectivity index (χ4n) is 2.45. The summed E-state index contributed by atoms with van der Waals surface area (Å²) in [6.07, 6.45) is 5.78. The monoisotopic (exact) mass is 271 g/mol. The number of hydrogen-bond donors (Lipinski definition) is 2. The number of hydrogen-bond acceptors (Lipinski definition) is 4. The molecule has 1 saturated carbocycles. The number of methoxy groups -OCH3 is 1. The summed E-state index contributed by atoms with van der Waals surface area (Å²) in [5.74, 6) is 0.826. The van der Waals surface area contributed by atoms with Crippen molar-refractivity contribution in [3.63, 3.8) is 0 Å².